The maximum Gasteiger partial charge on any atom is 0.227 e. The molecule has 0 spiro atoms. The number of carbonyl (C=O) groups is 1. The van der Waals surface area contributed by atoms with E-state index in [4.69, 9.17) is 9.26 Å². The molecular formula is C17H21N3O3S. The fraction of sp³-hybridized carbons (Fsp3) is 0.588. The summed E-state index contributed by atoms with van der Waals surface area (Å²) < 4.78 is 11.1. The van der Waals surface area contributed by atoms with E-state index < -0.39 is 0 Å². The SMILES string of the molecule is O=C(CCc1nc(-c2ccsc2)no1)N1CCO[C@H]2CCCC[C@@H]21. The van der Waals surface area contributed by atoms with Crippen LogP contribution in [0.3, 0.4) is 0 Å². The van der Waals surface area contributed by atoms with Crippen LogP contribution in [0, 0.1) is 0 Å². The first-order valence-corrected chi connectivity index (χ1v) is 9.52. The van der Waals surface area contributed by atoms with Crippen molar-refractivity contribution in [3.63, 3.8) is 0 Å². The molecule has 1 aliphatic heterocycles. The standard InChI is InChI=1S/C17H21N3O3S/c21-16(20-8-9-22-14-4-2-1-3-13(14)20)6-5-15-18-17(19-23-15)12-7-10-24-11-12/h7,10-11,13-14H,1-6,8-9H2/t13-,14-/m0/s1. The molecule has 7 heteroatoms. The number of ether oxygens (including phenoxy) is 1. The monoisotopic (exact) mass is 347 g/mol. The second-order valence-corrected chi connectivity index (χ2v) is 7.15. The molecule has 0 radical (unpaired) electrons. The maximum absolute atomic E-state index is 12.6. The van der Waals surface area contributed by atoms with Gasteiger partial charge in [-0.25, -0.2) is 0 Å². The zero-order valence-corrected chi connectivity index (χ0v) is 14.3. The Morgan fingerprint density at radius 2 is 2.29 bits per heavy atom. The average Bonchev–Trinajstić information content (AvgIpc) is 3.30. The fourth-order valence-corrected chi connectivity index (χ4v) is 4.26. The van der Waals surface area contributed by atoms with E-state index in [0.29, 0.717) is 37.7 Å². The van der Waals surface area contributed by atoms with Gasteiger partial charge >= 0.3 is 0 Å². The maximum atomic E-state index is 12.6. The van der Waals surface area contributed by atoms with E-state index in [1.54, 1.807) is 11.3 Å². The van der Waals surface area contributed by atoms with Gasteiger partial charge in [-0.1, -0.05) is 18.0 Å². The molecule has 4 rings (SSSR count). The van der Waals surface area contributed by atoms with Crippen molar-refractivity contribution in [3.8, 4) is 11.4 Å². The third-order valence-electron chi connectivity index (χ3n) is 4.85. The predicted octanol–water partition coefficient (Wildman–Crippen LogP) is 2.90. The minimum absolute atomic E-state index is 0.172. The van der Waals surface area contributed by atoms with Crippen molar-refractivity contribution in [2.45, 2.75) is 50.7 Å². The van der Waals surface area contributed by atoms with Crippen LogP contribution in [0.15, 0.2) is 21.3 Å². The van der Waals surface area contributed by atoms with Gasteiger partial charge in [-0.3, -0.25) is 4.79 Å². The molecule has 0 N–H and O–H groups in total. The van der Waals surface area contributed by atoms with Crippen molar-refractivity contribution in [1.29, 1.82) is 0 Å². The summed E-state index contributed by atoms with van der Waals surface area (Å²) in [5.74, 6) is 1.29. The first-order valence-electron chi connectivity index (χ1n) is 8.57. The van der Waals surface area contributed by atoms with Gasteiger partial charge in [-0.05, 0) is 24.3 Å². The van der Waals surface area contributed by atoms with Crippen LogP contribution in [0.5, 0.6) is 0 Å². The van der Waals surface area contributed by atoms with Crippen LogP contribution in [-0.2, 0) is 16.0 Å². The van der Waals surface area contributed by atoms with Crippen molar-refractivity contribution in [2.24, 2.45) is 0 Å². The predicted molar refractivity (Wildman–Crippen MR) is 89.6 cm³/mol. The van der Waals surface area contributed by atoms with Gasteiger partial charge in [0.05, 0.1) is 18.8 Å². The summed E-state index contributed by atoms with van der Waals surface area (Å²) in [5, 5.41) is 7.95. The number of nitrogens with zero attached hydrogens (tertiary/aromatic N) is 3. The minimum atomic E-state index is 0.172. The smallest absolute Gasteiger partial charge is 0.227 e. The lowest BCUT2D eigenvalue weighted by Crippen LogP contribution is -2.54. The van der Waals surface area contributed by atoms with E-state index in [1.165, 1.54) is 12.8 Å². The molecule has 2 aromatic rings. The molecular weight excluding hydrogens is 326 g/mol. The second-order valence-electron chi connectivity index (χ2n) is 6.37. The zero-order valence-electron chi connectivity index (χ0n) is 13.5. The number of rotatable bonds is 4. The van der Waals surface area contributed by atoms with Gasteiger partial charge in [0.2, 0.25) is 17.6 Å². The molecule has 2 fully saturated rings. The van der Waals surface area contributed by atoms with Gasteiger partial charge in [0.15, 0.2) is 0 Å². The number of hydrogen-bond acceptors (Lipinski definition) is 6. The average molecular weight is 347 g/mol. The van der Waals surface area contributed by atoms with Gasteiger partial charge < -0.3 is 14.2 Å². The molecule has 24 heavy (non-hydrogen) atoms. The molecule has 2 atom stereocenters. The third-order valence-corrected chi connectivity index (χ3v) is 5.54. The van der Waals surface area contributed by atoms with Crippen LogP contribution >= 0.6 is 11.3 Å². The summed E-state index contributed by atoms with van der Waals surface area (Å²) in [5.41, 5.74) is 0.958. The van der Waals surface area contributed by atoms with E-state index in [9.17, 15) is 4.79 Å². The molecule has 0 unspecified atom stereocenters. The lowest BCUT2D eigenvalue weighted by atomic mass is 9.90. The Bertz CT molecular complexity index is 683. The second kappa shape index (κ2) is 7.03. The minimum Gasteiger partial charge on any atom is -0.374 e. The highest BCUT2D eigenvalue weighted by atomic mass is 32.1. The van der Waals surface area contributed by atoms with Crippen LogP contribution in [0.1, 0.15) is 38.0 Å². The van der Waals surface area contributed by atoms with Gasteiger partial charge in [0, 0.05) is 30.3 Å². The molecule has 6 nitrogen and oxygen atoms in total. The van der Waals surface area contributed by atoms with E-state index in [1.807, 2.05) is 21.7 Å². The van der Waals surface area contributed by atoms with Crippen LogP contribution in [-0.4, -0.2) is 46.2 Å². The van der Waals surface area contributed by atoms with Gasteiger partial charge in [-0.15, -0.1) is 0 Å². The number of carbonyl (C=O) groups excluding carboxylic acids is 1. The molecule has 1 aliphatic carbocycles. The zero-order chi connectivity index (χ0) is 16.4. The summed E-state index contributed by atoms with van der Waals surface area (Å²) in [6.45, 7) is 1.35. The topological polar surface area (TPSA) is 68.5 Å². The molecule has 0 bridgehead atoms. The molecule has 3 heterocycles. The van der Waals surface area contributed by atoms with E-state index in [-0.39, 0.29) is 18.1 Å². The number of morpholine rings is 1. The Labute approximate surface area is 144 Å². The number of fused-ring (bicyclic) bond motifs is 1. The summed E-state index contributed by atoms with van der Waals surface area (Å²) in [6, 6.07) is 2.21. The van der Waals surface area contributed by atoms with Crippen molar-refractivity contribution < 1.29 is 14.1 Å². The van der Waals surface area contributed by atoms with Crippen LogP contribution < -0.4 is 0 Å². The largest absolute Gasteiger partial charge is 0.374 e. The fourth-order valence-electron chi connectivity index (χ4n) is 3.63. The molecule has 1 saturated heterocycles. The normalized spacial score (nSPS) is 23.9. The molecule has 0 aromatic carbocycles. The van der Waals surface area contributed by atoms with Crippen LogP contribution in [0.2, 0.25) is 0 Å². The summed E-state index contributed by atoms with van der Waals surface area (Å²) >= 11 is 1.60. The highest BCUT2D eigenvalue weighted by Gasteiger charge is 2.36. The Morgan fingerprint density at radius 3 is 3.17 bits per heavy atom. The molecule has 1 amide bonds. The molecule has 2 aromatic heterocycles. The van der Waals surface area contributed by atoms with Crippen LogP contribution in [0.4, 0.5) is 0 Å². The molecule has 128 valence electrons. The lowest BCUT2D eigenvalue weighted by Gasteiger charge is -2.43. The van der Waals surface area contributed by atoms with Crippen molar-refractivity contribution in [2.75, 3.05) is 13.2 Å². The van der Waals surface area contributed by atoms with Gasteiger partial charge in [-0.2, -0.15) is 16.3 Å². The first kappa shape index (κ1) is 15.8. The van der Waals surface area contributed by atoms with Crippen LogP contribution in [0.25, 0.3) is 11.4 Å². The Hall–Kier alpha value is -1.73. The third kappa shape index (κ3) is 3.23. The number of aryl methyl sites for hydroxylation is 1. The Morgan fingerprint density at radius 1 is 1.38 bits per heavy atom. The summed E-state index contributed by atoms with van der Waals surface area (Å²) in [4.78, 5) is 19.0. The van der Waals surface area contributed by atoms with E-state index in [2.05, 4.69) is 10.1 Å². The van der Waals surface area contributed by atoms with E-state index >= 15 is 0 Å². The quantitative estimate of drug-likeness (QED) is 0.851. The van der Waals surface area contributed by atoms with E-state index in [0.717, 1.165) is 18.4 Å². The van der Waals surface area contributed by atoms with Crippen molar-refractivity contribution >= 4 is 17.2 Å². The summed E-state index contributed by atoms with van der Waals surface area (Å²) in [7, 11) is 0. The molecule has 2 aliphatic rings. The lowest BCUT2D eigenvalue weighted by molar-refractivity contribution is -0.149. The van der Waals surface area contributed by atoms with Crippen molar-refractivity contribution in [1.82, 2.24) is 15.0 Å². The highest BCUT2D eigenvalue weighted by Crippen LogP contribution is 2.29. The Kier molecular flexibility index (Phi) is 4.62. The van der Waals surface area contributed by atoms with Gasteiger partial charge in [0.25, 0.3) is 0 Å². The first-order chi connectivity index (χ1) is 11.8. The molecule has 1 saturated carbocycles. The number of hydrogen-bond donors (Lipinski definition) is 0. The van der Waals surface area contributed by atoms with Crippen molar-refractivity contribution in [3.05, 3.63) is 22.7 Å². The highest BCUT2D eigenvalue weighted by molar-refractivity contribution is 7.08. The number of aromatic nitrogens is 2. The summed E-state index contributed by atoms with van der Waals surface area (Å²) in [6.07, 6.45) is 5.64. The number of amides is 1. The Balaban J connectivity index is 1.36. The number of thiophene rings is 1. The van der Waals surface area contributed by atoms with Gasteiger partial charge in [0.1, 0.15) is 0 Å².